The second kappa shape index (κ2) is 4.70. The van der Waals surface area contributed by atoms with Gasteiger partial charge in [0.15, 0.2) is 0 Å². The monoisotopic (exact) mass is 310 g/mol. The zero-order chi connectivity index (χ0) is 15.2. The summed E-state index contributed by atoms with van der Waals surface area (Å²) < 4.78 is 52.8. The number of hydrogen-bond acceptors (Lipinski definition) is 3. The van der Waals surface area contributed by atoms with Crippen LogP contribution in [0.15, 0.2) is 41.3 Å². The molecule has 0 spiro atoms. The maximum absolute atomic E-state index is 13.4. The Morgan fingerprint density at radius 3 is 2.43 bits per heavy atom. The van der Waals surface area contributed by atoms with Crippen LogP contribution in [0.1, 0.15) is 5.56 Å². The fraction of sp³-hybridized carbons (Fsp3) is 0.143. The summed E-state index contributed by atoms with van der Waals surface area (Å²) in [5.74, 6) is -1.12. The van der Waals surface area contributed by atoms with Gasteiger partial charge in [-0.15, -0.1) is 0 Å². The number of nitrogens with zero attached hydrogens (tertiary/aromatic N) is 1. The molecule has 7 heteroatoms. The van der Waals surface area contributed by atoms with Gasteiger partial charge < -0.3 is 5.73 Å². The number of halogens is 2. The molecule has 4 nitrogen and oxygen atoms in total. The molecule has 1 aliphatic rings. The molecule has 2 aromatic rings. The summed E-state index contributed by atoms with van der Waals surface area (Å²) in [6, 6.07) is 7.15. The predicted octanol–water partition coefficient (Wildman–Crippen LogP) is 2.30. The van der Waals surface area contributed by atoms with E-state index < -0.39 is 21.7 Å². The lowest BCUT2D eigenvalue weighted by Crippen LogP contribution is -2.29. The minimum Gasteiger partial charge on any atom is -0.398 e. The predicted molar refractivity (Wildman–Crippen MR) is 75.4 cm³/mol. The number of hydrogen-bond donors (Lipinski definition) is 1. The first-order valence-corrected chi connectivity index (χ1v) is 7.70. The highest BCUT2D eigenvalue weighted by Gasteiger charge is 2.32. The van der Waals surface area contributed by atoms with Gasteiger partial charge in [0.1, 0.15) is 16.5 Å². The zero-order valence-corrected chi connectivity index (χ0v) is 11.7. The van der Waals surface area contributed by atoms with Gasteiger partial charge in [-0.25, -0.2) is 17.2 Å². The van der Waals surface area contributed by atoms with E-state index in [1.807, 2.05) is 0 Å². The molecular formula is C14H12F2N2O2S. The number of benzene rings is 2. The molecular weight excluding hydrogens is 298 g/mol. The summed E-state index contributed by atoms with van der Waals surface area (Å²) in [6.45, 7) is 0.206. The van der Waals surface area contributed by atoms with Crippen molar-refractivity contribution in [2.45, 2.75) is 11.3 Å². The van der Waals surface area contributed by atoms with E-state index in [9.17, 15) is 17.2 Å². The third-order valence-corrected chi connectivity index (χ3v) is 5.33. The summed E-state index contributed by atoms with van der Waals surface area (Å²) >= 11 is 0. The topological polar surface area (TPSA) is 63.4 Å². The van der Waals surface area contributed by atoms with Crippen LogP contribution in [0.4, 0.5) is 20.2 Å². The summed E-state index contributed by atoms with van der Waals surface area (Å²) in [6.07, 6.45) is 0.496. The number of rotatable bonds is 2. The lowest BCUT2D eigenvalue weighted by molar-refractivity contribution is 0.591. The van der Waals surface area contributed by atoms with E-state index in [2.05, 4.69) is 0 Å². The van der Waals surface area contributed by atoms with Crippen LogP contribution in [0.25, 0.3) is 0 Å². The maximum atomic E-state index is 13.4. The molecule has 0 aliphatic carbocycles. The molecule has 2 N–H and O–H groups in total. The Labute approximate surface area is 120 Å². The second-order valence-corrected chi connectivity index (χ2v) is 6.61. The fourth-order valence-corrected chi connectivity index (χ4v) is 4.04. The second-order valence-electron chi connectivity index (χ2n) is 4.78. The first kappa shape index (κ1) is 13.8. The molecule has 0 saturated carbocycles. The molecule has 2 aromatic carbocycles. The SMILES string of the molecule is Nc1cc(F)ccc1S(=O)(=O)N1CCc2ccc(F)cc21. The molecule has 21 heavy (non-hydrogen) atoms. The van der Waals surface area contributed by atoms with Gasteiger partial charge in [-0.2, -0.15) is 0 Å². The van der Waals surface area contributed by atoms with Gasteiger partial charge >= 0.3 is 0 Å². The van der Waals surface area contributed by atoms with Gasteiger partial charge in [0, 0.05) is 6.54 Å². The number of fused-ring (bicyclic) bond motifs is 1. The average Bonchev–Trinajstić information content (AvgIpc) is 2.81. The van der Waals surface area contributed by atoms with Crippen LogP contribution < -0.4 is 10.0 Å². The van der Waals surface area contributed by atoms with Crippen LogP contribution in [-0.4, -0.2) is 15.0 Å². The summed E-state index contributed by atoms with van der Waals surface area (Å²) in [4.78, 5) is -0.180. The number of nitrogens with two attached hydrogens (primary N) is 1. The zero-order valence-electron chi connectivity index (χ0n) is 10.9. The van der Waals surface area contributed by atoms with Crippen molar-refractivity contribution in [2.75, 3.05) is 16.6 Å². The van der Waals surface area contributed by atoms with Crippen LogP contribution >= 0.6 is 0 Å². The lowest BCUT2D eigenvalue weighted by Gasteiger charge is -2.20. The molecule has 1 aliphatic heterocycles. The molecule has 0 atom stereocenters. The van der Waals surface area contributed by atoms with Crippen LogP contribution in [-0.2, 0) is 16.4 Å². The Kier molecular flexibility index (Phi) is 3.09. The van der Waals surface area contributed by atoms with Crippen LogP contribution in [0, 0.1) is 11.6 Å². The van der Waals surface area contributed by atoms with Gasteiger partial charge in [0.25, 0.3) is 10.0 Å². The van der Waals surface area contributed by atoms with E-state index in [4.69, 9.17) is 5.73 Å². The molecule has 110 valence electrons. The number of anilines is 2. The Balaban J connectivity index is 2.11. The smallest absolute Gasteiger partial charge is 0.266 e. The van der Waals surface area contributed by atoms with Gasteiger partial charge in [0.05, 0.1) is 11.4 Å². The van der Waals surface area contributed by atoms with Crippen LogP contribution in [0.3, 0.4) is 0 Å². The Morgan fingerprint density at radius 1 is 1.05 bits per heavy atom. The van der Waals surface area contributed by atoms with E-state index >= 15 is 0 Å². The van der Waals surface area contributed by atoms with Crippen molar-refractivity contribution in [3.63, 3.8) is 0 Å². The molecule has 3 rings (SSSR count). The molecule has 0 amide bonds. The minimum absolute atomic E-state index is 0.167. The fourth-order valence-electron chi connectivity index (χ4n) is 2.45. The molecule has 0 saturated heterocycles. The van der Waals surface area contributed by atoms with Crippen molar-refractivity contribution in [1.82, 2.24) is 0 Å². The molecule has 0 unspecified atom stereocenters. The molecule has 0 aromatic heterocycles. The van der Waals surface area contributed by atoms with Gasteiger partial charge in [-0.1, -0.05) is 6.07 Å². The lowest BCUT2D eigenvalue weighted by atomic mass is 10.2. The van der Waals surface area contributed by atoms with Crippen molar-refractivity contribution < 1.29 is 17.2 Å². The normalized spacial score (nSPS) is 14.3. The highest BCUT2D eigenvalue weighted by molar-refractivity contribution is 7.93. The van der Waals surface area contributed by atoms with Crippen molar-refractivity contribution in [3.05, 3.63) is 53.6 Å². The van der Waals surface area contributed by atoms with E-state index in [0.29, 0.717) is 12.1 Å². The van der Waals surface area contributed by atoms with Gasteiger partial charge in [-0.3, -0.25) is 4.31 Å². The van der Waals surface area contributed by atoms with Crippen LogP contribution in [0.2, 0.25) is 0 Å². The first-order valence-electron chi connectivity index (χ1n) is 6.26. The molecule has 0 fully saturated rings. The summed E-state index contributed by atoms with van der Waals surface area (Å²) in [5.41, 5.74) is 6.49. The molecule has 1 heterocycles. The van der Waals surface area contributed by atoms with Crippen molar-refractivity contribution in [3.8, 4) is 0 Å². The Hall–Kier alpha value is -2.15. The largest absolute Gasteiger partial charge is 0.398 e. The molecule has 0 bridgehead atoms. The highest BCUT2D eigenvalue weighted by atomic mass is 32.2. The van der Waals surface area contributed by atoms with E-state index in [0.717, 1.165) is 28.1 Å². The van der Waals surface area contributed by atoms with Crippen molar-refractivity contribution in [2.24, 2.45) is 0 Å². The number of sulfonamides is 1. The van der Waals surface area contributed by atoms with E-state index in [1.165, 1.54) is 12.1 Å². The van der Waals surface area contributed by atoms with Gasteiger partial charge in [-0.05, 0) is 42.3 Å². The highest BCUT2D eigenvalue weighted by Crippen LogP contribution is 2.34. The van der Waals surface area contributed by atoms with E-state index in [1.54, 1.807) is 6.07 Å². The van der Waals surface area contributed by atoms with Crippen molar-refractivity contribution >= 4 is 21.4 Å². The quantitative estimate of drug-likeness (QED) is 0.866. The first-order chi connectivity index (χ1) is 9.89. The Bertz CT molecular complexity index is 822. The Morgan fingerprint density at radius 2 is 1.71 bits per heavy atom. The standard InChI is InChI=1S/C14H12F2N2O2S/c15-10-3-4-14(12(17)7-10)21(19,20)18-6-5-9-1-2-11(16)8-13(9)18/h1-4,7-8H,5-6,17H2. The third-order valence-electron chi connectivity index (χ3n) is 3.44. The molecule has 0 radical (unpaired) electrons. The van der Waals surface area contributed by atoms with Crippen LogP contribution in [0.5, 0.6) is 0 Å². The summed E-state index contributed by atoms with van der Waals surface area (Å²) in [5, 5.41) is 0. The third kappa shape index (κ3) is 2.23. The average molecular weight is 310 g/mol. The minimum atomic E-state index is -3.94. The van der Waals surface area contributed by atoms with Crippen molar-refractivity contribution in [1.29, 1.82) is 0 Å². The van der Waals surface area contributed by atoms with E-state index in [-0.39, 0.29) is 17.1 Å². The maximum Gasteiger partial charge on any atom is 0.266 e. The van der Waals surface area contributed by atoms with Gasteiger partial charge in [0.2, 0.25) is 0 Å². The number of nitrogen functional groups attached to an aromatic ring is 1. The summed E-state index contributed by atoms with van der Waals surface area (Å²) in [7, 11) is -3.94.